The lowest BCUT2D eigenvalue weighted by molar-refractivity contribution is -0.150. The van der Waals surface area contributed by atoms with Gasteiger partial charge in [0.1, 0.15) is 0 Å². The molecular weight excluding hydrogens is 589 g/mol. The number of ether oxygens (including phenoxy) is 1. The third-order valence-electron chi connectivity index (χ3n) is 9.72. The highest BCUT2D eigenvalue weighted by atomic mass is 28.4. The summed E-state index contributed by atoms with van der Waals surface area (Å²) in [7, 11) is -3.49. The minimum absolute atomic E-state index is 0.0701. The van der Waals surface area contributed by atoms with Gasteiger partial charge in [-0.25, -0.2) is 0 Å². The fraction of sp³-hybridized carbons (Fsp3) is 0.400. The molecule has 236 valence electrons. The summed E-state index contributed by atoms with van der Waals surface area (Å²) < 4.78 is 23.1. The van der Waals surface area contributed by atoms with Crippen LogP contribution in [0, 0.1) is 5.92 Å². The highest BCUT2D eigenvalue weighted by molar-refractivity contribution is 6.72. The van der Waals surface area contributed by atoms with E-state index in [9.17, 15) is 19.5 Å². The number of aliphatic hydroxyl groups excluding tert-OH is 1. The Labute approximate surface area is 264 Å². The van der Waals surface area contributed by atoms with Crippen LogP contribution < -0.4 is 10.2 Å². The Kier molecular flexibility index (Phi) is 8.40. The van der Waals surface area contributed by atoms with Gasteiger partial charge in [0.25, 0.3) is 11.8 Å². The van der Waals surface area contributed by atoms with Gasteiger partial charge in [0.15, 0.2) is 5.60 Å². The Bertz CT molecular complexity index is 1580. The number of likely N-dealkylation sites (tertiary alicyclic amines) is 1. The van der Waals surface area contributed by atoms with Crippen LogP contribution in [0.25, 0.3) is 0 Å². The largest absolute Gasteiger partial charge is 0.394 e. The minimum Gasteiger partial charge on any atom is -0.394 e. The Morgan fingerprint density at radius 2 is 1.76 bits per heavy atom. The number of anilines is 2. The van der Waals surface area contributed by atoms with Gasteiger partial charge < -0.3 is 29.1 Å². The molecule has 10 heteroatoms. The molecule has 6 rings (SSSR count). The van der Waals surface area contributed by atoms with E-state index in [0.717, 1.165) is 18.4 Å². The minimum atomic E-state index is -3.49. The van der Waals surface area contributed by atoms with Gasteiger partial charge >= 0.3 is 0 Å². The third kappa shape index (κ3) is 5.60. The lowest BCUT2D eigenvalue weighted by atomic mass is 9.82. The highest BCUT2D eigenvalue weighted by Crippen LogP contribution is 2.60. The fourth-order valence-electron chi connectivity index (χ4n) is 7.68. The summed E-state index contributed by atoms with van der Waals surface area (Å²) >= 11 is 0. The summed E-state index contributed by atoms with van der Waals surface area (Å²) in [6.45, 7) is 5.78. The van der Waals surface area contributed by atoms with Crippen molar-refractivity contribution in [3.8, 4) is 0 Å². The maximum Gasteiger partial charge on any atom is 0.264 e. The fourth-order valence-corrected chi connectivity index (χ4v) is 10.2. The molecular formula is C35H40FN3O5Si. The van der Waals surface area contributed by atoms with Crippen molar-refractivity contribution in [1.82, 2.24) is 4.90 Å². The predicted octanol–water partition coefficient (Wildman–Crippen LogP) is 5.63. The summed E-state index contributed by atoms with van der Waals surface area (Å²) in [5.41, 5.74) is 0.924. The molecule has 0 aromatic heterocycles. The lowest BCUT2D eigenvalue weighted by Gasteiger charge is -2.31. The number of hydrogen-bond acceptors (Lipinski definition) is 5. The molecule has 3 aliphatic rings. The average Bonchev–Trinajstić information content (AvgIpc) is 3.68. The van der Waals surface area contributed by atoms with Crippen LogP contribution in [0.2, 0.25) is 18.6 Å². The molecule has 3 aromatic rings. The van der Waals surface area contributed by atoms with Crippen LogP contribution >= 0.6 is 0 Å². The summed E-state index contributed by atoms with van der Waals surface area (Å²) in [6, 6.07) is 23.6. The van der Waals surface area contributed by atoms with Crippen molar-refractivity contribution < 1.29 is 28.3 Å². The van der Waals surface area contributed by atoms with Crippen LogP contribution in [0.15, 0.2) is 78.9 Å². The molecule has 0 unspecified atom stereocenters. The summed E-state index contributed by atoms with van der Waals surface area (Å²) in [6.07, 6.45) is 0.626. The van der Waals surface area contributed by atoms with Gasteiger partial charge in [-0.1, -0.05) is 55.5 Å². The summed E-state index contributed by atoms with van der Waals surface area (Å²) in [5, 5.41) is 12.8. The number of nitrogens with one attached hydrogen (secondary N) is 1. The van der Waals surface area contributed by atoms with E-state index in [1.165, 1.54) is 0 Å². The molecule has 3 aliphatic heterocycles. The second-order valence-electron chi connectivity index (χ2n) is 13.0. The molecule has 0 aliphatic carbocycles. The number of carbonyl (C=O) groups excluding carboxylic acids is 3. The van der Waals surface area contributed by atoms with E-state index in [1.54, 1.807) is 59.3 Å². The molecule has 2 fully saturated rings. The van der Waals surface area contributed by atoms with Crippen LogP contribution in [0.1, 0.15) is 47.7 Å². The molecule has 3 heterocycles. The van der Waals surface area contributed by atoms with Crippen molar-refractivity contribution in [1.29, 1.82) is 0 Å². The summed E-state index contributed by atoms with van der Waals surface area (Å²) in [4.78, 5) is 44.7. The first-order valence-electron chi connectivity index (χ1n) is 15.7. The van der Waals surface area contributed by atoms with Crippen molar-refractivity contribution in [2.45, 2.75) is 69.1 Å². The van der Waals surface area contributed by atoms with Crippen LogP contribution in [0.3, 0.4) is 0 Å². The quantitative estimate of drug-likeness (QED) is 0.249. The van der Waals surface area contributed by atoms with Crippen LogP contribution in [-0.4, -0.2) is 61.4 Å². The van der Waals surface area contributed by atoms with Gasteiger partial charge in [0.2, 0.25) is 14.3 Å². The monoisotopic (exact) mass is 629 g/mol. The van der Waals surface area contributed by atoms with E-state index in [1.807, 2.05) is 49.4 Å². The van der Waals surface area contributed by atoms with Gasteiger partial charge in [0.05, 0.1) is 37.4 Å². The van der Waals surface area contributed by atoms with Gasteiger partial charge in [-0.3, -0.25) is 14.4 Å². The van der Waals surface area contributed by atoms with Crippen molar-refractivity contribution in [3.63, 3.8) is 0 Å². The Morgan fingerprint density at radius 3 is 2.42 bits per heavy atom. The molecule has 2 N–H and O–H groups in total. The number of hydrogen-bond donors (Lipinski definition) is 2. The maximum absolute atomic E-state index is 16.3. The van der Waals surface area contributed by atoms with E-state index in [2.05, 4.69) is 5.32 Å². The molecule has 5 atom stereocenters. The SMILES string of the molecule is C[C@H]1[C@H]([Si](C)(C)F)[C@@H](CC(=O)N2CCC[C@H]2CO)O[C@]12C(=O)N(Cc1ccccc1)c1ccc(NC(=O)c3ccccc3)cc12. The van der Waals surface area contributed by atoms with Crippen LogP contribution in [0.4, 0.5) is 15.5 Å². The van der Waals surface area contributed by atoms with Crippen molar-refractivity contribution in [2.24, 2.45) is 5.92 Å². The lowest BCUT2D eigenvalue weighted by Crippen LogP contribution is -2.45. The molecule has 45 heavy (non-hydrogen) atoms. The molecule has 3 amide bonds. The highest BCUT2D eigenvalue weighted by Gasteiger charge is 2.67. The van der Waals surface area contributed by atoms with E-state index in [-0.39, 0.29) is 43.3 Å². The zero-order valence-electron chi connectivity index (χ0n) is 25.9. The molecule has 0 radical (unpaired) electrons. The molecule has 2 saturated heterocycles. The molecule has 3 aromatic carbocycles. The molecule has 0 bridgehead atoms. The normalized spacial score (nSPS) is 26.0. The Hall–Kier alpha value is -3.86. The summed E-state index contributed by atoms with van der Waals surface area (Å²) in [5.74, 6) is -1.37. The maximum atomic E-state index is 16.3. The smallest absolute Gasteiger partial charge is 0.264 e. The van der Waals surface area contributed by atoms with Crippen molar-refractivity contribution >= 4 is 37.5 Å². The van der Waals surface area contributed by atoms with Crippen LogP contribution in [-0.2, 0) is 26.5 Å². The van der Waals surface area contributed by atoms with E-state index < -0.39 is 31.6 Å². The van der Waals surface area contributed by atoms with E-state index >= 15 is 4.11 Å². The van der Waals surface area contributed by atoms with Crippen LogP contribution in [0.5, 0.6) is 0 Å². The predicted molar refractivity (Wildman–Crippen MR) is 173 cm³/mol. The number of amides is 3. The van der Waals surface area contributed by atoms with E-state index in [4.69, 9.17) is 4.74 Å². The second-order valence-corrected chi connectivity index (χ2v) is 16.8. The van der Waals surface area contributed by atoms with Crippen molar-refractivity contribution in [3.05, 3.63) is 95.6 Å². The Balaban J connectivity index is 1.40. The topological polar surface area (TPSA) is 99.2 Å². The van der Waals surface area contributed by atoms with Gasteiger partial charge in [-0.2, -0.15) is 0 Å². The number of carbonyl (C=O) groups is 3. The molecule has 1 spiro atoms. The van der Waals surface area contributed by atoms with Gasteiger partial charge in [-0.05, 0) is 61.8 Å². The average molecular weight is 630 g/mol. The standard InChI is InChI=1S/C35H40FN3O5Si/c1-23-32(45(2,3)36)30(20-31(41)38-18-10-15-27(38)22-40)44-35(23)28-19-26(37-33(42)25-13-8-5-9-14-25)16-17-29(28)39(34(35)43)21-24-11-6-4-7-12-24/h4-9,11-14,16-17,19,23,27,30,32,40H,10,15,18,20-22H2,1-3H3,(H,37,42)/t23-,27-,30+,32-,35+/m0/s1. The second kappa shape index (κ2) is 12.1. The number of benzene rings is 3. The number of rotatable bonds is 8. The molecule has 8 nitrogen and oxygen atoms in total. The van der Waals surface area contributed by atoms with Gasteiger partial charge in [0, 0.05) is 34.8 Å². The zero-order valence-corrected chi connectivity index (χ0v) is 26.9. The van der Waals surface area contributed by atoms with E-state index in [0.29, 0.717) is 29.0 Å². The first kappa shape index (κ1) is 31.1. The first-order chi connectivity index (χ1) is 21.5. The zero-order chi connectivity index (χ0) is 31.9. The molecule has 0 saturated carbocycles. The number of nitrogens with zero attached hydrogens (tertiary/aromatic N) is 2. The number of halogens is 1. The number of aliphatic hydroxyl groups is 1. The third-order valence-corrected chi connectivity index (χ3v) is 12.2. The Morgan fingerprint density at radius 1 is 1.07 bits per heavy atom. The van der Waals surface area contributed by atoms with Gasteiger partial charge in [-0.15, -0.1) is 0 Å². The van der Waals surface area contributed by atoms with Crippen molar-refractivity contribution in [2.75, 3.05) is 23.4 Å². The number of fused-ring (bicyclic) bond motifs is 2. The first-order valence-corrected chi connectivity index (χ1v) is 18.6.